The number of hydrogen-bond donors (Lipinski definition) is 3. The molecule has 14 heteroatoms. The molecule has 0 aliphatic rings. The summed E-state index contributed by atoms with van der Waals surface area (Å²) in [7, 11) is 0. The number of nitrogens with zero attached hydrogens (tertiary/aromatic N) is 5. The van der Waals surface area contributed by atoms with Crippen LogP contribution >= 0.6 is 11.6 Å². The lowest BCUT2D eigenvalue weighted by Crippen LogP contribution is -2.29. The summed E-state index contributed by atoms with van der Waals surface area (Å²) in [5.41, 5.74) is 10.3. The largest absolute Gasteiger partial charge is 0.490 e. The highest BCUT2D eigenvalue weighted by atomic mass is 35.5. The van der Waals surface area contributed by atoms with Gasteiger partial charge in [0.05, 0.1) is 16.1 Å². The van der Waals surface area contributed by atoms with Gasteiger partial charge < -0.3 is 5.11 Å². The number of aryl methyl sites for hydroxylation is 2. The Bertz CT molecular complexity index is 1390. The number of carbonyl (C=O) groups is 2. The first-order valence-electron chi connectivity index (χ1n) is 10.0. The van der Waals surface area contributed by atoms with E-state index in [4.69, 9.17) is 26.5 Å². The lowest BCUT2D eigenvalue weighted by atomic mass is 10.1. The zero-order valence-corrected chi connectivity index (χ0v) is 19.1. The van der Waals surface area contributed by atoms with Crippen LogP contribution in [0.15, 0.2) is 36.8 Å². The molecule has 4 aromatic heterocycles. The Morgan fingerprint density at radius 1 is 1.20 bits per heavy atom. The second-order valence-corrected chi connectivity index (χ2v) is 7.61. The molecule has 4 aromatic rings. The number of carboxylic acid groups (broad SMARTS) is 1. The van der Waals surface area contributed by atoms with Crippen molar-refractivity contribution in [2.24, 2.45) is 0 Å². The molecule has 10 nitrogen and oxygen atoms in total. The summed E-state index contributed by atoms with van der Waals surface area (Å²) in [6, 6.07) is 5.52. The van der Waals surface area contributed by atoms with E-state index in [1.165, 1.54) is 6.20 Å². The Morgan fingerprint density at radius 2 is 1.91 bits per heavy atom. The predicted molar refractivity (Wildman–Crippen MR) is 121 cm³/mol. The number of aliphatic carboxylic acids is 1. The summed E-state index contributed by atoms with van der Waals surface area (Å²) in [4.78, 5) is 34.0. The van der Waals surface area contributed by atoms with Gasteiger partial charge in [0.2, 0.25) is 5.91 Å². The number of hydrogen-bond acceptors (Lipinski definition) is 7. The number of anilines is 1. The van der Waals surface area contributed by atoms with Gasteiger partial charge in [-0.2, -0.15) is 13.2 Å². The standard InChI is InChI=1S/C19H18ClN7O.C2HF3O2/c1-11-13(5-6-17(28)25-24-16-7-9-21-10-15(16)20)12(2)27-19(23-11)14-4-3-8-22-18(14)26-27;3-2(4,5)1(6)7/h3-4,7-10H,5-6H2,1-2H3,(H,21,24)(H,25,28);(H,6,7). The molecule has 0 spiro atoms. The maximum atomic E-state index is 12.2. The fourth-order valence-corrected chi connectivity index (χ4v) is 3.31. The van der Waals surface area contributed by atoms with E-state index in [2.05, 4.69) is 25.9 Å². The van der Waals surface area contributed by atoms with Gasteiger partial charge in [-0.15, -0.1) is 5.10 Å². The molecule has 0 radical (unpaired) electrons. The number of pyridine rings is 2. The van der Waals surface area contributed by atoms with Crippen LogP contribution in [0.25, 0.3) is 16.7 Å². The highest BCUT2D eigenvalue weighted by molar-refractivity contribution is 6.33. The van der Waals surface area contributed by atoms with Gasteiger partial charge in [-0.05, 0) is 44.0 Å². The third-order valence-corrected chi connectivity index (χ3v) is 5.14. The number of amides is 1. The third-order valence-electron chi connectivity index (χ3n) is 4.84. The highest BCUT2D eigenvalue weighted by Crippen LogP contribution is 2.22. The lowest BCUT2D eigenvalue weighted by Gasteiger charge is -2.12. The molecule has 4 rings (SSSR count). The molecule has 184 valence electrons. The fourth-order valence-electron chi connectivity index (χ4n) is 3.14. The van der Waals surface area contributed by atoms with Gasteiger partial charge >= 0.3 is 12.1 Å². The molecular formula is C21H19ClF3N7O3. The minimum atomic E-state index is -5.08. The third kappa shape index (κ3) is 6.12. The number of hydrazine groups is 1. The molecule has 0 unspecified atom stereocenters. The molecule has 4 heterocycles. The number of fused-ring (bicyclic) bond motifs is 3. The van der Waals surface area contributed by atoms with Gasteiger partial charge in [0.1, 0.15) is 0 Å². The zero-order chi connectivity index (χ0) is 25.8. The Balaban J connectivity index is 0.000000429. The van der Waals surface area contributed by atoms with Gasteiger partial charge in [0.15, 0.2) is 11.3 Å². The normalized spacial score (nSPS) is 11.1. The molecule has 0 aromatic carbocycles. The average Bonchev–Trinajstić information content (AvgIpc) is 3.17. The number of aromatic nitrogens is 5. The average molecular weight is 510 g/mol. The first kappa shape index (κ1) is 25.6. The molecule has 0 saturated carbocycles. The smallest absolute Gasteiger partial charge is 0.475 e. The van der Waals surface area contributed by atoms with Crippen LogP contribution in [0.1, 0.15) is 23.4 Å². The van der Waals surface area contributed by atoms with Crippen LogP contribution in [0, 0.1) is 13.8 Å². The Kier molecular flexibility index (Phi) is 7.69. The molecule has 0 saturated heterocycles. The first-order chi connectivity index (χ1) is 16.5. The number of carboxylic acids is 1. The van der Waals surface area contributed by atoms with Crippen molar-refractivity contribution in [1.82, 2.24) is 30.0 Å². The fraction of sp³-hybridized carbons (Fsp3) is 0.238. The maximum absolute atomic E-state index is 12.2. The van der Waals surface area contributed by atoms with E-state index in [0.717, 1.165) is 28.0 Å². The topological polar surface area (TPSA) is 134 Å². The van der Waals surface area contributed by atoms with Crippen LogP contribution in [0.5, 0.6) is 0 Å². The van der Waals surface area contributed by atoms with E-state index in [-0.39, 0.29) is 5.91 Å². The molecule has 0 aliphatic carbocycles. The molecule has 0 atom stereocenters. The SMILES string of the molecule is Cc1nc2c3cccnc3nn2c(C)c1CCC(=O)NNc1ccncc1Cl.O=C(O)C(F)(F)F. The summed E-state index contributed by atoms with van der Waals surface area (Å²) in [5.74, 6) is -2.91. The lowest BCUT2D eigenvalue weighted by molar-refractivity contribution is -0.192. The molecule has 1 amide bonds. The van der Waals surface area contributed by atoms with Crippen molar-refractivity contribution in [3.8, 4) is 0 Å². The van der Waals surface area contributed by atoms with Gasteiger partial charge in [0.25, 0.3) is 0 Å². The Labute approximate surface area is 201 Å². The quantitative estimate of drug-likeness (QED) is 0.347. The van der Waals surface area contributed by atoms with Crippen LogP contribution in [0.4, 0.5) is 18.9 Å². The van der Waals surface area contributed by atoms with Crippen LogP contribution < -0.4 is 10.9 Å². The molecule has 3 N–H and O–H groups in total. The van der Waals surface area contributed by atoms with Crippen molar-refractivity contribution < 1.29 is 27.9 Å². The second-order valence-electron chi connectivity index (χ2n) is 7.20. The number of alkyl halides is 3. The molecule has 0 aliphatic heterocycles. The van der Waals surface area contributed by atoms with Crippen LogP contribution in [-0.4, -0.2) is 47.7 Å². The minimum absolute atomic E-state index is 0.154. The van der Waals surface area contributed by atoms with E-state index >= 15 is 0 Å². The molecule has 35 heavy (non-hydrogen) atoms. The van der Waals surface area contributed by atoms with Crippen LogP contribution in [-0.2, 0) is 16.0 Å². The summed E-state index contributed by atoms with van der Waals surface area (Å²) in [5, 5.41) is 13.0. The predicted octanol–water partition coefficient (Wildman–Crippen LogP) is 3.65. The van der Waals surface area contributed by atoms with Crippen molar-refractivity contribution in [3.05, 3.63) is 58.8 Å². The molecule has 0 fully saturated rings. The monoisotopic (exact) mass is 509 g/mol. The zero-order valence-electron chi connectivity index (χ0n) is 18.4. The number of halogens is 4. The number of carbonyl (C=O) groups excluding carboxylic acids is 1. The number of rotatable bonds is 5. The van der Waals surface area contributed by atoms with E-state index in [1.807, 2.05) is 26.0 Å². The van der Waals surface area contributed by atoms with Crippen molar-refractivity contribution in [1.29, 1.82) is 0 Å². The Hall–Kier alpha value is -4.00. The van der Waals surface area contributed by atoms with Crippen molar-refractivity contribution in [2.75, 3.05) is 5.43 Å². The Morgan fingerprint density at radius 3 is 2.57 bits per heavy atom. The van der Waals surface area contributed by atoms with Crippen molar-refractivity contribution in [2.45, 2.75) is 32.9 Å². The van der Waals surface area contributed by atoms with E-state index < -0.39 is 12.1 Å². The van der Waals surface area contributed by atoms with Crippen molar-refractivity contribution >= 4 is 45.8 Å². The van der Waals surface area contributed by atoms with Gasteiger partial charge in [0, 0.05) is 36.4 Å². The molecular weight excluding hydrogens is 491 g/mol. The van der Waals surface area contributed by atoms with Gasteiger partial charge in [-0.3, -0.25) is 20.6 Å². The summed E-state index contributed by atoms with van der Waals surface area (Å²) in [6.45, 7) is 3.93. The highest BCUT2D eigenvalue weighted by Gasteiger charge is 2.38. The van der Waals surface area contributed by atoms with Gasteiger partial charge in [-0.1, -0.05) is 11.6 Å². The first-order valence-corrected chi connectivity index (χ1v) is 10.4. The maximum Gasteiger partial charge on any atom is 0.490 e. The second kappa shape index (κ2) is 10.5. The van der Waals surface area contributed by atoms with E-state index in [9.17, 15) is 18.0 Å². The number of nitrogens with one attached hydrogen (secondary N) is 2. The summed E-state index contributed by atoms with van der Waals surface area (Å²) >= 11 is 6.01. The van der Waals surface area contributed by atoms with Crippen LogP contribution in [0.2, 0.25) is 5.02 Å². The summed E-state index contributed by atoms with van der Waals surface area (Å²) in [6.07, 6.45) is 0.569. The van der Waals surface area contributed by atoms with Crippen LogP contribution in [0.3, 0.4) is 0 Å². The summed E-state index contributed by atoms with van der Waals surface area (Å²) < 4.78 is 33.5. The van der Waals surface area contributed by atoms with E-state index in [0.29, 0.717) is 29.2 Å². The van der Waals surface area contributed by atoms with Gasteiger partial charge in [-0.25, -0.2) is 19.3 Å². The molecule has 0 bridgehead atoms. The van der Waals surface area contributed by atoms with Crippen molar-refractivity contribution in [3.63, 3.8) is 0 Å². The van der Waals surface area contributed by atoms with E-state index in [1.54, 1.807) is 23.0 Å². The minimum Gasteiger partial charge on any atom is -0.475 e.